The number of rotatable bonds is 8. The average molecular weight is 395 g/mol. The van der Waals surface area contributed by atoms with E-state index < -0.39 is 18.1 Å². The summed E-state index contributed by atoms with van der Waals surface area (Å²) in [5.74, 6) is -1.12. The predicted octanol–water partition coefficient (Wildman–Crippen LogP) is 3.45. The monoisotopic (exact) mass is 394 g/mol. The van der Waals surface area contributed by atoms with Gasteiger partial charge in [0.1, 0.15) is 5.82 Å². The number of amides is 1. The summed E-state index contributed by atoms with van der Waals surface area (Å²) < 4.78 is 18.1. The second-order valence-corrected chi connectivity index (χ2v) is 5.90. The third-order valence-corrected chi connectivity index (χ3v) is 3.92. The Balaban J connectivity index is 0.00000364. The number of halogens is 2. The topological polar surface area (TPSA) is 81.4 Å². The highest BCUT2D eigenvalue weighted by molar-refractivity contribution is 5.85. The zero-order chi connectivity index (χ0) is 18.9. The third kappa shape index (κ3) is 7.37. The van der Waals surface area contributed by atoms with Crippen LogP contribution in [-0.4, -0.2) is 18.5 Å². The summed E-state index contributed by atoms with van der Waals surface area (Å²) in [6.07, 6.45) is 0.0380. The number of nitrogens with two attached hydrogens (primary N) is 1. The van der Waals surface area contributed by atoms with Gasteiger partial charge in [-0.3, -0.25) is 9.59 Å². The van der Waals surface area contributed by atoms with Crippen LogP contribution in [0.4, 0.5) is 4.39 Å². The smallest absolute Gasteiger partial charge is 0.308 e. The zero-order valence-corrected chi connectivity index (χ0v) is 15.9. The molecule has 2 aromatic rings. The quantitative estimate of drug-likeness (QED) is 0.672. The van der Waals surface area contributed by atoms with Gasteiger partial charge in [-0.2, -0.15) is 0 Å². The summed E-state index contributed by atoms with van der Waals surface area (Å²) in [5, 5.41) is 2.80. The van der Waals surface area contributed by atoms with Crippen LogP contribution < -0.4 is 11.1 Å². The van der Waals surface area contributed by atoms with E-state index in [9.17, 15) is 14.0 Å². The molecule has 27 heavy (non-hydrogen) atoms. The van der Waals surface area contributed by atoms with E-state index in [0.29, 0.717) is 5.56 Å². The van der Waals surface area contributed by atoms with Gasteiger partial charge in [0.25, 0.3) is 0 Å². The van der Waals surface area contributed by atoms with E-state index in [4.69, 9.17) is 10.5 Å². The predicted molar refractivity (Wildman–Crippen MR) is 104 cm³/mol. The van der Waals surface area contributed by atoms with Crippen molar-refractivity contribution in [3.8, 4) is 0 Å². The van der Waals surface area contributed by atoms with E-state index in [2.05, 4.69) is 5.32 Å². The number of nitrogens with one attached hydrogen (secondary N) is 1. The molecule has 0 aromatic heterocycles. The highest BCUT2D eigenvalue weighted by atomic mass is 35.5. The van der Waals surface area contributed by atoms with Gasteiger partial charge < -0.3 is 15.8 Å². The standard InChI is InChI=1S/C20H23FN2O3.ClH/c1-2-26-20(25)13-18(15-8-10-16(21)11-9-15)23-19(24)12-17(22)14-6-4-3-5-7-14;/h3-11,17-18H,2,12-13,22H2,1H3,(H,23,24);1H. The van der Waals surface area contributed by atoms with Crippen LogP contribution >= 0.6 is 12.4 Å². The highest BCUT2D eigenvalue weighted by Crippen LogP contribution is 2.20. The summed E-state index contributed by atoms with van der Waals surface area (Å²) in [7, 11) is 0. The Bertz CT molecular complexity index is 726. The van der Waals surface area contributed by atoms with E-state index >= 15 is 0 Å². The van der Waals surface area contributed by atoms with E-state index in [1.807, 2.05) is 30.3 Å². The fourth-order valence-corrected chi connectivity index (χ4v) is 2.60. The van der Waals surface area contributed by atoms with Gasteiger partial charge in [-0.25, -0.2) is 4.39 Å². The number of carbonyl (C=O) groups is 2. The molecule has 146 valence electrons. The molecule has 0 saturated carbocycles. The van der Waals surface area contributed by atoms with Gasteiger partial charge in [0, 0.05) is 12.5 Å². The molecule has 0 aliphatic carbocycles. The molecule has 2 rings (SSSR count). The molecule has 1 amide bonds. The second kappa shape index (κ2) is 11.3. The lowest BCUT2D eigenvalue weighted by molar-refractivity contribution is -0.143. The molecule has 5 nitrogen and oxygen atoms in total. The van der Waals surface area contributed by atoms with Gasteiger partial charge in [-0.15, -0.1) is 12.4 Å². The van der Waals surface area contributed by atoms with Crippen molar-refractivity contribution in [2.45, 2.75) is 31.8 Å². The first-order valence-electron chi connectivity index (χ1n) is 8.50. The lowest BCUT2D eigenvalue weighted by Crippen LogP contribution is -2.32. The van der Waals surface area contributed by atoms with E-state index in [1.54, 1.807) is 6.92 Å². The first-order valence-corrected chi connectivity index (χ1v) is 8.50. The Morgan fingerprint density at radius 1 is 1.04 bits per heavy atom. The van der Waals surface area contributed by atoms with Crippen LogP contribution in [0.2, 0.25) is 0 Å². The minimum absolute atomic E-state index is 0. The highest BCUT2D eigenvalue weighted by Gasteiger charge is 2.21. The van der Waals surface area contributed by atoms with Crippen LogP contribution in [0.15, 0.2) is 54.6 Å². The van der Waals surface area contributed by atoms with Crippen molar-refractivity contribution >= 4 is 24.3 Å². The SMILES string of the molecule is CCOC(=O)CC(NC(=O)CC(N)c1ccccc1)c1ccc(F)cc1.Cl. The molecular weight excluding hydrogens is 371 g/mol. The Labute approximate surface area is 164 Å². The van der Waals surface area contributed by atoms with Crippen molar-refractivity contribution in [2.24, 2.45) is 5.73 Å². The minimum atomic E-state index is -0.606. The fraction of sp³-hybridized carbons (Fsp3) is 0.300. The molecule has 0 heterocycles. The number of hydrogen-bond acceptors (Lipinski definition) is 4. The van der Waals surface area contributed by atoms with Crippen molar-refractivity contribution in [2.75, 3.05) is 6.61 Å². The van der Waals surface area contributed by atoms with E-state index in [1.165, 1.54) is 24.3 Å². The van der Waals surface area contributed by atoms with Crippen LogP contribution in [0, 0.1) is 5.82 Å². The van der Waals surface area contributed by atoms with Gasteiger partial charge in [-0.05, 0) is 30.2 Å². The maximum absolute atomic E-state index is 13.2. The molecule has 0 saturated heterocycles. The fourth-order valence-electron chi connectivity index (χ4n) is 2.60. The molecule has 2 atom stereocenters. The van der Waals surface area contributed by atoms with Crippen molar-refractivity contribution in [1.82, 2.24) is 5.32 Å². The Morgan fingerprint density at radius 3 is 2.26 bits per heavy atom. The van der Waals surface area contributed by atoms with Gasteiger partial charge in [0.15, 0.2) is 0 Å². The molecular formula is C20H24ClFN2O3. The van der Waals surface area contributed by atoms with Crippen molar-refractivity contribution in [3.63, 3.8) is 0 Å². The molecule has 0 radical (unpaired) electrons. The largest absolute Gasteiger partial charge is 0.466 e. The number of ether oxygens (including phenoxy) is 1. The Kier molecular flexibility index (Phi) is 9.47. The van der Waals surface area contributed by atoms with Gasteiger partial charge in [-0.1, -0.05) is 42.5 Å². The Morgan fingerprint density at radius 2 is 1.67 bits per heavy atom. The molecule has 0 aliphatic rings. The molecule has 0 spiro atoms. The first kappa shape index (κ1) is 22.6. The van der Waals surface area contributed by atoms with Crippen LogP contribution in [0.3, 0.4) is 0 Å². The van der Waals surface area contributed by atoms with Crippen molar-refractivity contribution in [3.05, 3.63) is 71.5 Å². The second-order valence-electron chi connectivity index (χ2n) is 5.90. The summed E-state index contributed by atoms with van der Waals surface area (Å²) in [6, 6.07) is 13.9. The molecule has 0 fully saturated rings. The maximum atomic E-state index is 13.2. The lowest BCUT2D eigenvalue weighted by atomic mass is 10.0. The van der Waals surface area contributed by atoms with Crippen LogP contribution in [0.25, 0.3) is 0 Å². The molecule has 7 heteroatoms. The number of hydrogen-bond donors (Lipinski definition) is 2. The van der Waals surface area contributed by atoms with Crippen molar-refractivity contribution in [1.29, 1.82) is 0 Å². The van der Waals surface area contributed by atoms with E-state index in [0.717, 1.165) is 5.56 Å². The maximum Gasteiger partial charge on any atom is 0.308 e. The average Bonchev–Trinajstić information content (AvgIpc) is 2.62. The number of carbonyl (C=O) groups excluding carboxylic acids is 2. The van der Waals surface area contributed by atoms with E-state index in [-0.39, 0.29) is 43.6 Å². The molecule has 0 bridgehead atoms. The van der Waals surface area contributed by atoms with Crippen LogP contribution in [0.1, 0.15) is 43.0 Å². The summed E-state index contributed by atoms with van der Waals surface area (Å²) in [6.45, 7) is 1.96. The molecule has 0 aliphatic heterocycles. The summed E-state index contributed by atoms with van der Waals surface area (Å²) >= 11 is 0. The van der Waals surface area contributed by atoms with Gasteiger partial charge in [0.2, 0.25) is 5.91 Å². The molecule has 3 N–H and O–H groups in total. The lowest BCUT2D eigenvalue weighted by Gasteiger charge is -2.20. The van der Waals surface area contributed by atoms with Crippen LogP contribution in [0.5, 0.6) is 0 Å². The van der Waals surface area contributed by atoms with Gasteiger partial charge >= 0.3 is 5.97 Å². The number of benzene rings is 2. The normalized spacial score (nSPS) is 12.4. The molecule has 2 aromatic carbocycles. The minimum Gasteiger partial charge on any atom is -0.466 e. The zero-order valence-electron chi connectivity index (χ0n) is 15.1. The first-order chi connectivity index (χ1) is 12.5. The molecule has 2 unspecified atom stereocenters. The van der Waals surface area contributed by atoms with Gasteiger partial charge in [0.05, 0.1) is 19.1 Å². The summed E-state index contributed by atoms with van der Waals surface area (Å²) in [4.78, 5) is 24.2. The van der Waals surface area contributed by atoms with Crippen LogP contribution in [-0.2, 0) is 14.3 Å². The third-order valence-electron chi connectivity index (χ3n) is 3.92. The summed E-state index contributed by atoms with van der Waals surface area (Å²) in [5.41, 5.74) is 7.56. The number of esters is 1. The van der Waals surface area contributed by atoms with Crippen molar-refractivity contribution < 1.29 is 18.7 Å². The Hall–Kier alpha value is -2.44.